The van der Waals surface area contributed by atoms with Crippen molar-refractivity contribution in [3.05, 3.63) is 59.1 Å². The molecule has 142 valence electrons. The molecule has 1 saturated heterocycles. The summed E-state index contributed by atoms with van der Waals surface area (Å²) in [7, 11) is 0. The topological polar surface area (TPSA) is 46.6 Å². The Hall–Kier alpha value is -2.33. The molecule has 0 saturated carbocycles. The fourth-order valence-corrected chi connectivity index (χ4v) is 3.24. The van der Waals surface area contributed by atoms with Gasteiger partial charge < -0.3 is 9.64 Å². The van der Waals surface area contributed by atoms with E-state index in [4.69, 9.17) is 16.3 Å². The van der Waals surface area contributed by atoms with Gasteiger partial charge in [-0.1, -0.05) is 44.5 Å². The molecule has 1 atom stereocenters. The van der Waals surface area contributed by atoms with Gasteiger partial charge in [-0.2, -0.15) is 0 Å². The van der Waals surface area contributed by atoms with Crippen LogP contribution in [-0.2, 0) is 15.0 Å². The Morgan fingerprint density at radius 1 is 1.15 bits per heavy atom. The molecule has 2 aromatic carbocycles. The van der Waals surface area contributed by atoms with Crippen molar-refractivity contribution in [1.29, 1.82) is 0 Å². The highest BCUT2D eigenvalue weighted by Crippen LogP contribution is 2.30. The smallest absolute Gasteiger partial charge is 0.316 e. The molecule has 0 radical (unpaired) electrons. The van der Waals surface area contributed by atoms with E-state index in [-0.39, 0.29) is 23.7 Å². The minimum atomic E-state index is -0.472. The summed E-state index contributed by atoms with van der Waals surface area (Å²) in [6, 6.07) is 14.6. The molecule has 5 heteroatoms. The van der Waals surface area contributed by atoms with E-state index in [1.807, 2.05) is 24.3 Å². The maximum atomic E-state index is 12.5. The SMILES string of the molecule is CCC(C)(C)c1ccc(OC(=O)[C@@H]2CC(=O)N(c3ccc(Cl)cc3)C2)cc1. The number of ether oxygens (including phenoxy) is 1. The van der Waals surface area contributed by atoms with Gasteiger partial charge in [-0.3, -0.25) is 9.59 Å². The first-order valence-corrected chi connectivity index (χ1v) is 9.56. The van der Waals surface area contributed by atoms with Crippen molar-refractivity contribution in [2.45, 2.75) is 39.0 Å². The summed E-state index contributed by atoms with van der Waals surface area (Å²) < 4.78 is 5.51. The third-order valence-electron chi connectivity index (χ3n) is 5.33. The number of hydrogen-bond donors (Lipinski definition) is 0. The van der Waals surface area contributed by atoms with Crippen LogP contribution in [-0.4, -0.2) is 18.4 Å². The molecule has 1 amide bonds. The Morgan fingerprint density at radius 3 is 2.37 bits per heavy atom. The molecule has 0 spiro atoms. The monoisotopic (exact) mass is 385 g/mol. The van der Waals surface area contributed by atoms with Crippen LogP contribution in [0.4, 0.5) is 5.69 Å². The van der Waals surface area contributed by atoms with Gasteiger partial charge in [0, 0.05) is 23.7 Å². The van der Waals surface area contributed by atoms with Crippen LogP contribution in [0.5, 0.6) is 5.75 Å². The summed E-state index contributed by atoms with van der Waals surface area (Å²) in [6.45, 7) is 6.84. The molecule has 0 bridgehead atoms. The molecule has 1 aliphatic heterocycles. The average Bonchev–Trinajstić information content (AvgIpc) is 3.05. The molecule has 2 aromatic rings. The predicted molar refractivity (Wildman–Crippen MR) is 107 cm³/mol. The number of halogens is 1. The minimum absolute atomic E-state index is 0.0828. The lowest BCUT2D eigenvalue weighted by atomic mass is 9.82. The number of carbonyl (C=O) groups is 2. The van der Waals surface area contributed by atoms with Crippen molar-refractivity contribution in [2.24, 2.45) is 5.92 Å². The van der Waals surface area contributed by atoms with Gasteiger partial charge in [0.1, 0.15) is 5.75 Å². The Kier molecular flexibility index (Phi) is 5.56. The number of esters is 1. The van der Waals surface area contributed by atoms with Crippen molar-refractivity contribution < 1.29 is 14.3 Å². The molecule has 3 rings (SSSR count). The van der Waals surface area contributed by atoms with Gasteiger partial charge in [0.15, 0.2) is 0 Å². The Bertz CT molecular complexity index is 828. The van der Waals surface area contributed by atoms with Crippen LogP contribution < -0.4 is 9.64 Å². The summed E-state index contributed by atoms with van der Waals surface area (Å²) in [6.07, 6.45) is 1.18. The van der Waals surface area contributed by atoms with E-state index >= 15 is 0 Å². The lowest BCUT2D eigenvalue weighted by molar-refractivity contribution is -0.139. The van der Waals surface area contributed by atoms with Crippen molar-refractivity contribution in [1.82, 2.24) is 0 Å². The maximum absolute atomic E-state index is 12.5. The van der Waals surface area contributed by atoms with E-state index in [1.165, 1.54) is 5.56 Å². The summed E-state index contributed by atoms with van der Waals surface area (Å²) in [5.74, 6) is -0.422. The minimum Gasteiger partial charge on any atom is -0.426 e. The fourth-order valence-electron chi connectivity index (χ4n) is 3.11. The van der Waals surface area contributed by atoms with Crippen LogP contribution in [0.3, 0.4) is 0 Å². The van der Waals surface area contributed by atoms with Crippen LogP contribution in [0, 0.1) is 5.92 Å². The van der Waals surface area contributed by atoms with E-state index in [2.05, 4.69) is 20.8 Å². The molecule has 0 unspecified atom stereocenters. The van der Waals surface area contributed by atoms with Crippen molar-refractivity contribution >= 4 is 29.2 Å². The standard InChI is InChI=1S/C22H24ClNO3/c1-4-22(2,3)16-5-11-19(12-6-16)27-21(26)15-13-20(25)24(14-15)18-9-7-17(23)8-10-18/h5-12,15H,4,13-14H2,1-3H3/t15-/m1/s1. The fraction of sp³-hybridized carbons (Fsp3) is 0.364. The molecule has 1 heterocycles. The van der Waals surface area contributed by atoms with E-state index in [0.29, 0.717) is 17.3 Å². The lowest BCUT2D eigenvalue weighted by Crippen LogP contribution is -2.27. The Labute approximate surface area is 165 Å². The van der Waals surface area contributed by atoms with Gasteiger partial charge >= 0.3 is 5.97 Å². The molecule has 0 aliphatic carbocycles. The number of carbonyl (C=O) groups excluding carboxylic acids is 2. The van der Waals surface area contributed by atoms with Crippen molar-refractivity contribution in [3.8, 4) is 5.75 Å². The van der Waals surface area contributed by atoms with Crippen LogP contribution in [0.15, 0.2) is 48.5 Å². The molecular formula is C22H24ClNO3. The summed E-state index contributed by atoms with van der Waals surface area (Å²) in [4.78, 5) is 26.4. The third-order valence-corrected chi connectivity index (χ3v) is 5.59. The van der Waals surface area contributed by atoms with E-state index in [0.717, 1.165) is 12.1 Å². The molecule has 0 N–H and O–H groups in total. The second kappa shape index (κ2) is 7.73. The van der Waals surface area contributed by atoms with Crippen LogP contribution in [0.1, 0.15) is 39.2 Å². The summed E-state index contributed by atoms with van der Waals surface area (Å²) >= 11 is 5.89. The normalized spacial score (nSPS) is 17.3. The number of amides is 1. The van der Waals surface area contributed by atoms with E-state index in [1.54, 1.807) is 29.2 Å². The van der Waals surface area contributed by atoms with Gasteiger partial charge in [0.25, 0.3) is 0 Å². The van der Waals surface area contributed by atoms with Gasteiger partial charge in [-0.15, -0.1) is 0 Å². The first-order chi connectivity index (χ1) is 12.8. The number of benzene rings is 2. The second-order valence-electron chi connectivity index (χ2n) is 7.56. The largest absolute Gasteiger partial charge is 0.426 e. The van der Waals surface area contributed by atoms with Crippen LogP contribution in [0.25, 0.3) is 0 Å². The zero-order chi connectivity index (χ0) is 19.6. The van der Waals surface area contributed by atoms with Gasteiger partial charge in [-0.05, 0) is 53.8 Å². The van der Waals surface area contributed by atoms with Crippen LogP contribution >= 0.6 is 11.6 Å². The molecule has 4 nitrogen and oxygen atoms in total. The van der Waals surface area contributed by atoms with E-state index < -0.39 is 5.92 Å². The molecular weight excluding hydrogens is 362 g/mol. The number of nitrogens with zero attached hydrogens (tertiary/aromatic N) is 1. The summed E-state index contributed by atoms with van der Waals surface area (Å²) in [5.41, 5.74) is 2.03. The summed E-state index contributed by atoms with van der Waals surface area (Å²) in [5, 5.41) is 0.607. The number of rotatable bonds is 5. The molecule has 1 aliphatic rings. The highest BCUT2D eigenvalue weighted by Gasteiger charge is 2.36. The highest BCUT2D eigenvalue weighted by atomic mass is 35.5. The third kappa shape index (κ3) is 4.33. The first kappa shape index (κ1) is 19.4. The zero-order valence-electron chi connectivity index (χ0n) is 15.9. The van der Waals surface area contributed by atoms with E-state index in [9.17, 15) is 9.59 Å². The molecule has 1 fully saturated rings. The Morgan fingerprint density at radius 2 is 1.78 bits per heavy atom. The predicted octanol–water partition coefficient (Wildman–Crippen LogP) is 4.99. The number of hydrogen-bond acceptors (Lipinski definition) is 3. The van der Waals surface area contributed by atoms with Crippen molar-refractivity contribution in [2.75, 3.05) is 11.4 Å². The van der Waals surface area contributed by atoms with Gasteiger partial charge in [0.2, 0.25) is 5.91 Å². The van der Waals surface area contributed by atoms with Gasteiger partial charge in [0.05, 0.1) is 5.92 Å². The first-order valence-electron chi connectivity index (χ1n) is 9.18. The molecule has 0 aromatic heterocycles. The number of anilines is 1. The Balaban J connectivity index is 1.65. The maximum Gasteiger partial charge on any atom is 0.316 e. The van der Waals surface area contributed by atoms with Gasteiger partial charge in [-0.25, -0.2) is 0 Å². The quantitative estimate of drug-likeness (QED) is 0.538. The zero-order valence-corrected chi connectivity index (χ0v) is 16.6. The van der Waals surface area contributed by atoms with Crippen molar-refractivity contribution in [3.63, 3.8) is 0 Å². The lowest BCUT2D eigenvalue weighted by Gasteiger charge is -2.23. The molecule has 27 heavy (non-hydrogen) atoms. The second-order valence-corrected chi connectivity index (χ2v) is 8.00. The average molecular weight is 386 g/mol. The highest BCUT2D eigenvalue weighted by molar-refractivity contribution is 6.30. The van der Waals surface area contributed by atoms with Crippen LogP contribution in [0.2, 0.25) is 5.02 Å².